The zero-order valence-electron chi connectivity index (χ0n) is 16.2. The highest BCUT2D eigenvalue weighted by Gasteiger charge is 2.32. The number of piperidine rings is 1. The van der Waals surface area contributed by atoms with E-state index in [4.69, 9.17) is 4.52 Å². The Hall–Kier alpha value is -3.15. The first kappa shape index (κ1) is 18.2. The molecule has 0 unspecified atom stereocenters. The minimum Gasteiger partial charge on any atom is -0.337 e. The maximum Gasteiger partial charge on any atom is 0.322 e. The Balaban J connectivity index is 1.54. The number of benzene rings is 2. The van der Waals surface area contributed by atoms with E-state index in [9.17, 15) is 4.79 Å². The fraction of sp³-hybridized carbons (Fsp3) is 0.318. The van der Waals surface area contributed by atoms with Gasteiger partial charge in [0.2, 0.25) is 11.7 Å². The second-order valence-electron chi connectivity index (χ2n) is 7.33. The van der Waals surface area contributed by atoms with Crippen molar-refractivity contribution in [3.8, 4) is 11.4 Å². The van der Waals surface area contributed by atoms with Crippen molar-refractivity contribution in [2.24, 2.45) is 0 Å². The predicted molar refractivity (Wildman–Crippen MR) is 108 cm³/mol. The molecule has 1 atom stereocenters. The van der Waals surface area contributed by atoms with Gasteiger partial charge in [0.05, 0.1) is 0 Å². The number of nitrogens with one attached hydrogen (secondary N) is 1. The first-order valence-corrected chi connectivity index (χ1v) is 9.65. The maximum atomic E-state index is 12.9. The molecule has 0 bridgehead atoms. The van der Waals surface area contributed by atoms with E-state index in [2.05, 4.69) is 15.5 Å². The lowest BCUT2D eigenvalue weighted by Crippen LogP contribution is -2.41. The highest BCUT2D eigenvalue weighted by Crippen LogP contribution is 2.31. The summed E-state index contributed by atoms with van der Waals surface area (Å²) in [6, 6.07) is 15.5. The second-order valence-corrected chi connectivity index (χ2v) is 7.33. The number of aromatic nitrogens is 2. The molecule has 1 aliphatic heterocycles. The van der Waals surface area contributed by atoms with Crippen LogP contribution in [-0.2, 0) is 0 Å². The summed E-state index contributed by atoms with van der Waals surface area (Å²) in [7, 11) is 0. The largest absolute Gasteiger partial charge is 0.337 e. The molecule has 1 aliphatic rings. The van der Waals surface area contributed by atoms with Crippen molar-refractivity contribution in [2.45, 2.75) is 39.2 Å². The van der Waals surface area contributed by atoms with Gasteiger partial charge in [-0.15, -0.1) is 0 Å². The molecule has 1 fully saturated rings. The van der Waals surface area contributed by atoms with Crippen LogP contribution in [-0.4, -0.2) is 27.6 Å². The Morgan fingerprint density at radius 2 is 1.93 bits per heavy atom. The van der Waals surface area contributed by atoms with Gasteiger partial charge in [0.25, 0.3) is 0 Å². The molecule has 6 nitrogen and oxygen atoms in total. The summed E-state index contributed by atoms with van der Waals surface area (Å²) in [5, 5.41) is 7.13. The third-order valence-corrected chi connectivity index (χ3v) is 5.07. The average molecular weight is 376 g/mol. The third kappa shape index (κ3) is 3.91. The van der Waals surface area contributed by atoms with Gasteiger partial charge in [-0.05, 0) is 50.8 Å². The van der Waals surface area contributed by atoms with Gasteiger partial charge in [-0.1, -0.05) is 47.1 Å². The fourth-order valence-electron chi connectivity index (χ4n) is 3.54. The number of nitrogens with zero attached hydrogens (tertiary/aromatic N) is 3. The molecule has 1 aromatic heterocycles. The van der Waals surface area contributed by atoms with Crippen molar-refractivity contribution in [2.75, 3.05) is 11.9 Å². The lowest BCUT2D eigenvalue weighted by atomic mass is 10.0. The maximum absolute atomic E-state index is 12.9. The number of rotatable bonds is 3. The number of anilines is 1. The SMILES string of the molecule is Cc1ccc(-c2noc([C@@H]3CCCCN3C(=O)Nc3cccc(C)c3)n2)cc1. The molecule has 0 spiro atoms. The van der Waals surface area contributed by atoms with Crippen molar-refractivity contribution in [3.63, 3.8) is 0 Å². The first-order chi connectivity index (χ1) is 13.6. The Labute approximate surface area is 164 Å². The fourth-order valence-corrected chi connectivity index (χ4v) is 3.54. The van der Waals surface area contributed by atoms with Gasteiger partial charge in [0.15, 0.2) is 0 Å². The van der Waals surface area contributed by atoms with Crippen molar-refractivity contribution in [1.29, 1.82) is 0 Å². The third-order valence-electron chi connectivity index (χ3n) is 5.07. The summed E-state index contributed by atoms with van der Waals surface area (Å²) in [6.07, 6.45) is 2.81. The van der Waals surface area contributed by atoms with Crippen molar-refractivity contribution in [3.05, 3.63) is 65.5 Å². The summed E-state index contributed by atoms with van der Waals surface area (Å²) in [5.74, 6) is 1.05. The van der Waals surface area contributed by atoms with Crippen LogP contribution in [0.5, 0.6) is 0 Å². The zero-order chi connectivity index (χ0) is 19.5. The van der Waals surface area contributed by atoms with Crippen molar-refractivity contribution >= 4 is 11.7 Å². The lowest BCUT2D eigenvalue weighted by Gasteiger charge is -2.33. The molecule has 2 amide bonds. The molecule has 1 saturated heterocycles. The average Bonchev–Trinajstić information content (AvgIpc) is 3.18. The van der Waals surface area contributed by atoms with E-state index in [-0.39, 0.29) is 12.1 Å². The van der Waals surface area contributed by atoms with Gasteiger partial charge in [0.1, 0.15) is 6.04 Å². The van der Waals surface area contributed by atoms with Gasteiger partial charge in [0, 0.05) is 17.8 Å². The lowest BCUT2D eigenvalue weighted by molar-refractivity contribution is 0.142. The van der Waals surface area contributed by atoms with E-state index in [1.165, 1.54) is 5.56 Å². The summed E-state index contributed by atoms with van der Waals surface area (Å²) in [6.45, 7) is 4.72. The summed E-state index contributed by atoms with van der Waals surface area (Å²) in [5.41, 5.74) is 3.98. The van der Waals surface area contributed by atoms with Crippen molar-refractivity contribution < 1.29 is 9.32 Å². The molecule has 0 saturated carbocycles. The molecular formula is C22H24N4O2. The first-order valence-electron chi connectivity index (χ1n) is 9.65. The van der Waals surface area contributed by atoms with Gasteiger partial charge in [-0.2, -0.15) is 4.98 Å². The highest BCUT2D eigenvalue weighted by atomic mass is 16.5. The van der Waals surface area contributed by atoms with Crippen molar-refractivity contribution in [1.82, 2.24) is 15.0 Å². The molecule has 144 valence electrons. The Bertz CT molecular complexity index is 965. The van der Waals surface area contributed by atoms with E-state index >= 15 is 0 Å². The normalized spacial score (nSPS) is 16.8. The van der Waals surface area contributed by atoms with E-state index in [1.807, 2.05) is 62.4 Å². The number of carbonyl (C=O) groups excluding carboxylic acids is 1. The molecule has 6 heteroatoms. The zero-order valence-corrected chi connectivity index (χ0v) is 16.2. The number of amides is 2. The molecule has 4 rings (SSSR count). The molecule has 0 aliphatic carbocycles. The Morgan fingerprint density at radius 3 is 2.71 bits per heavy atom. The summed E-state index contributed by atoms with van der Waals surface area (Å²) < 4.78 is 5.56. The van der Waals surface area contributed by atoms with E-state index in [0.717, 1.165) is 36.1 Å². The molecule has 28 heavy (non-hydrogen) atoms. The number of urea groups is 1. The molecule has 1 N–H and O–H groups in total. The quantitative estimate of drug-likeness (QED) is 0.689. The number of hydrogen-bond acceptors (Lipinski definition) is 4. The monoisotopic (exact) mass is 376 g/mol. The molecule has 0 radical (unpaired) electrons. The van der Waals surface area contributed by atoms with Crippen LogP contribution in [0.2, 0.25) is 0 Å². The number of hydrogen-bond donors (Lipinski definition) is 1. The number of carbonyl (C=O) groups is 1. The number of aryl methyl sites for hydroxylation is 2. The van der Waals surface area contributed by atoms with Crippen LogP contribution in [0, 0.1) is 13.8 Å². The highest BCUT2D eigenvalue weighted by molar-refractivity contribution is 5.89. The van der Waals surface area contributed by atoms with Crippen LogP contribution >= 0.6 is 0 Å². The van der Waals surface area contributed by atoms with Crippen LogP contribution in [0.1, 0.15) is 42.3 Å². The second kappa shape index (κ2) is 7.84. The molecular weight excluding hydrogens is 352 g/mol. The van der Waals surface area contributed by atoms with E-state index < -0.39 is 0 Å². The van der Waals surface area contributed by atoms with Crippen LogP contribution < -0.4 is 5.32 Å². The molecule has 2 aromatic carbocycles. The Morgan fingerprint density at radius 1 is 1.11 bits per heavy atom. The van der Waals surface area contributed by atoms with Gasteiger partial charge in [-0.25, -0.2) is 4.79 Å². The Kier molecular flexibility index (Phi) is 5.10. The standard InChI is InChI=1S/C22H24N4O2/c1-15-9-11-17(12-10-15)20-24-21(28-25-20)19-8-3-4-13-26(19)22(27)23-18-7-5-6-16(2)14-18/h5-7,9-12,14,19H,3-4,8,13H2,1-2H3,(H,23,27)/t19-/m0/s1. The predicted octanol–water partition coefficient (Wildman–Crippen LogP) is 5.11. The minimum absolute atomic E-state index is 0.134. The minimum atomic E-state index is -0.203. The summed E-state index contributed by atoms with van der Waals surface area (Å²) in [4.78, 5) is 19.3. The van der Waals surface area contributed by atoms with E-state index in [1.54, 1.807) is 4.90 Å². The van der Waals surface area contributed by atoms with Gasteiger partial charge in [-0.3, -0.25) is 0 Å². The van der Waals surface area contributed by atoms with Crippen LogP contribution in [0.15, 0.2) is 53.1 Å². The smallest absolute Gasteiger partial charge is 0.322 e. The summed E-state index contributed by atoms with van der Waals surface area (Å²) >= 11 is 0. The van der Waals surface area contributed by atoms with Gasteiger partial charge >= 0.3 is 6.03 Å². The molecule has 2 heterocycles. The van der Waals surface area contributed by atoms with Crippen LogP contribution in [0.25, 0.3) is 11.4 Å². The topological polar surface area (TPSA) is 71.3 Å². The van der Waals surface area contributed by atoms with Gasteiger partial charge < -0.3 is 14.7 Å². The van der Waals surface area contributed by atoms with Crippen LogP contribution in [0.3, 0.4) is 0 Å². The molecule has 3 aromatic rings. The van der Waals surface area contributed by atoms with Crippen LogP contribution in [0.4, 0.5) is 10.5 Å². The van der Waals surface area contributed by atoms with E-state index in [0.29, 0.717) is 18.3 Å². The number of likely N-dealkylation sites (tertiary alicyclic amines) is 1.